The van der Waals surface area contributed by atoms with Gasteiger partial charge in [-0.2, -0.15) is 0 Å². The van der Waals surface area contributed by atoms with Gasteiger partial charge in [0, 0.05) is 0 Å². The molecule has 1 N–H and O–H groups in total. The Labute approximate surface area is 136 Å². The largest absolute Gasteiger partial charge is 0.440 e. The van der Waals surface area contributed by atoms with Gasteiger partial charge in [-0.3, -0.25) is 0 Å². The van der Waals surface area contributed by atoms with Gasteiger partial charge in [0.05, 0.1) is 6.04 Å². The Kier molecular flexibility index (Phi) is 10.9. The molecule has 1 heterocycles. The van der Waals surface area contributed by atoms with Crippen molar-refractivity contribution in [3.63, 3.8) is 0 Å². The molecule has 3 nitrogen and oxygen atoms in total. The molecule has 0 bridgehead atoms. The number of allylic oxidation sites excluding steroid dienone is 1. The Bertz CT molecular complexity index is 315. The summed E-state index contributed by atoms with van der Waals surface area (Å²) in [5, 5.41) is 2.75. The number of unbranched alkanes of at least 4 members (excludes halogenated alkanes) is 11. The molecule has 0 aromatic heterocycles. The van der Waals surface area contributed by atoms with Crippen LogP contribution in [0.2, 0.25) is 0 Å². The van der Waals surface area contributed by atoms with Gasteiger partial charge in [0.2, 0.25) is 0 Å². The van der Waals surface area contributed by atoms with Crippen molar-refractivity contribution < 1.29 is 9.53 Å². The van der Waals surface area contributed by atoms with Gasteiger partial charge in [0.25, 0.3) is 0 Å². The van der Waals surface area contributed by atoms with Gasteiger partial charge < -0.3 is 10.1 Å². The molecule has 0 saturated carbocycles. The molecule has 0 aromatic carbocycles. The fourth-order valence-corrected chi connectivity index (χ4v) is 2.89. The third-order valence-corrected chi connectivity index (χ3v) is 4.38. The highest BCUT2D eigenvalue weighted by Gasteiger charge is 2.27. The van der Waals surface area contributed by atoms with Crippen molar-refractivity contribution >= 4 is 6.09 Å². The van der Waals surface area contributed by atoms with E-state index >= 15 is 0 Å². The van der Waals surface area contributed by atoms with E-state index in [2.05, 4.69) is 18.3 Å². The van der Waals surface area contributed by atoms with Crippen LogP contribution in [0.15, 0.2) is 12.2 Å². The second-order valence-corrected chi connectivity index (χ2v) is 6.56. The van der Waals surface area contributed by atoms with Gasteiger partial charge in [0.1, 0.15) is 6.10 Å². The third kappa shape index (κ3) is 9.11. The minimum atomic E-state index is -0.295. The molecule has 128 valence electrons. The summed E-state index contributed by atoms with van der Waals surface area (Å²) in [6, 6.07) is 0.0982. The van der Waals surface area contributed by atoms with E-state index < -0.39 is 0 Å². The number of alkyl carbamates (subject to hydrolysis) is 1. The van der Waals surface area contributed by atoms with Crippen LogP contribution in [0.5, 0.6) is 0 Å². The summed E-state index contributed by atoms with van der Waals surface area (Å²) in [5.41, 5.74) is 0. The predicted molar refractivity (Wildman–Crippen MR) is 93.1 cm³/mol. The van der Waals surface area contributed by atoms with Crippen molar-refractivity contribution in [3.8, 4) is 0 Å². The van der Waals surface area contributed by atoms with Crippen LogP contribution in [0.4, 0.5) is 4.79 Å². The molecule has 0 radical (unpaired) electrons. The molecule has 0 unspecified atom stereocenters. The SMILES string of the molecule is CCCCCCCCCCCCC/C=C/[C@H]1OC(=O)N[C@H]1C. The first-order valence-corrected chi connectivity index (χ1v) is 9.38. The van der Waals surface area contributed by atoms with Crippen LogP contribution in [-0.4, -0.2) is 18.2 Å². The van der Waals surface area contributed by atoms with E-state index in [0.29, 0.717) is 0 Å². The van der Waals surface area contributed by atoms with E-state index in [0.717, 1.165) is 6.42 Å². The molecule has 1 saturated heterocycles. The van der Waals surface area contributed by atoms with Crippen LogP contribution in [0, 0.1) is 0 Å². The Morgan fingerprint density at radius 2 is 1.50 bits per heavy atom. The normalized spacial score (nSPS) is 21.3. The summed E-state index contributed by atoms with van der Waals surface area (Å²) >= 11 is 0. The van der Waals surface area contributed by atoms with Gasteiger partial charge in [-0.25, -0.2) is 4.79 Å². The summed E-state index contributed by atoms with van der Waals surface area (Å²) in [6.45, 7) is 4.25. The summed E-state index contributed by atoms with van der Waals surface area (Å²) in [7, 11) is 0. The molecule has 0 aliphatic carbocycles. The average Bonchev–Trinajstić information content (AvgIpc) is 2.82. The molecule has 1 aliphatic rings. The lowest BCUT2D eigenvalue weighted by Crippen LogP contribution is -2.26. The number of hydrogen-bond donors (Lipinski definition) is 1. The zero-order chi connectivity index (χ0) is 16.0. The summed E-state index contributed by atoms with van der Waals surface area (Å²) in [6.07, 6.45) is 20.1. The molecular formula is C19H35NO2. The number of rotatable bonds is 13. The number of carbonyl (C=O) groups is 1. The number of carbonyl (C=O) groups excluding carboxylic acids is 1. The van der Waals surface area contributed by atoms with Crippen LogP contribution < -0.4 is 5.32 Å². The minimum absolute atomic E-state index is 0.0831. The maximum atomic E-state index is 11.0. The zero-order valence-corrected chi connectivity index (χ0v) is 14.6. The molecule has 1 amide bonds. The van der Waals surface area contributed by atoms with Gasteiger partial charge in [-0.05, 0) is 25.8 Å². The Balaban J connectivity index is 1.83. The van der Waals surface area contributed by atoms with Crippen molar-refractivity contribution in [1.29, 1.82) is 0 Å². The van der Waals surface area contributed by atoms with Crippen LogP contribution in [-0.2, 0) is 4.74 Å². The van der Waals surface area contributed by atoms with Crippen LogP contribution >= 0.6 is 0 Å². The minimum Gasteiger partial charge on any atom is -0.440 e. The second-order valence-electron chi connectivity index (χ2n) is 6.56. The number of hydrogen-bond acceptors (Lipinski definition) is 2. The van der Waals surface area contributed by atoms with Gasteiger partial charge in [-0.1, -0.05) is 77.2 Å². The smallest absolute Gasteiger partial charge is 0.408 e. The summed E-state index contributed by atoms with van der Waals surface area (Å²) in [5.74, 6) is 0. The molecule has 1 rings (SSSR count). The quantitative estimate of drug-likeness (QED) is 0.348. The first-order valence-electron chi connectivity index (χ1n) is 9.38. The van der Waals surface area contributed by atoms with Crippen LogP contribution in [0.1, 0.15) is 90.9 Å². The van der Waals surface area contributed by atoms with E-state index in [-0.39, 0.29) is 18.2 Å². The maximum Gasteiger partial charge on any atom is 0.408 e. The highest BCUT2D eigenvalue weighted by Crippen LogP contribution is 2.13. The fourth-order valence-electron chi connectivity index (χ4n) is 2.89. The fraction of sp³-hybridized carbons (Fsp3) is 0.842. The Hall–Kier alpha value is -0.990. The lowest BCUT2D eigenvalue weighted by atomic mass is 10.0. The number of nitrogens with one attached hydrogen (secondary N) is 1. The number of ether oxygens (including phenoxy) is 1. The van der Waals surface area contributed by atoms with Crippen molar-refractivity contribution in [1.82, 2.24) is 5.32 Å². The first kappa shape index (κ1) is 19.1. The molecule has 22 heavy (non-hydrogen) atoms. The average molecular weight is 309 g/mol. The lowest BCUT2D eigenvalue weighted by Gasteiger charge is -2.06. The molecule has 3 heteroatoms. The summed E-state index contributed by atoms with van der Waals surface area (Å²) < 4.78 is 5.14. The highest BCUT2D eigenvalue weighted by atomic mass is 16.6. The number of amides is 1. The van der Waals surface area contributed by atoms with Gasteiger partial charge in [0.15, 0.2) is 0 Å². The van der Waals surface area contributed by atoms with Crippen molar-refractivity contribution in [2.45, 2.75) is 103 Å². The van der Waals surface area contributed by atoms with E-state index in [1.54, 1.807) is 0 Å². The van der Waals surface area contributed by atoms with Gasteiger partial charge in [-0.15, -0.1) is 0 Å². The number of cyclic esters (lactones) is 1. The molecule has 0 spiro atoms. The molecule has 1 fully saturated rings. The first-order chi connectivity index (χ1) is 10.7. The van der Waals surface area contributed by atoms with E-state index in [1.807, 2.05) is 13.0 Å². The predicted octanol–water partition coefficient (Wildman–Crippen LogP) is 5.74. The lowest BCUT2D eigenvalue weighted by molar-refractivity contribution is 0.154. The zero-order valence-electron chi connectivity index (χ0n) is 14.6. The third-order valence-electron chi connectivity index (χ3n) is 4.38. The van der Waals surface area contributed by atoms with E-state index in [9.17, 15) is 4.79 Å². The standard InChI is InChI=1S/C19H35NO2/c1-3-4-5-6-7-8-9-10-11-12-13-14-15-16-18-17(2)20-19(21)22-18/h15-18H,3-14H2,1-2H3,(H,20,21)/b16-15+/t17-,18+/m0/s1. The maximum absolute atomic E-state index is 11.0. The van der Waals surface area contributed by atoms with E-state index in [4.69, 9.17) is 4.74 Å². The Morgan fingerprint density at radius 3 is 2.00 bits per heavy atom. The summed E-state index contributed by atoms with van der Waals surface area (Å²) in [4.78, 5) is 11.0. The van der Waals surface area contributed by atoms with E-state index in [1.165, 1.54) is 70.6 Å². The van der Waals surface area contributed by atoms with Crippen molar-refractivity contribution in [2.24, 2.45) is 0 Å². The second kappa shape index (κ2) is 12.5. The molecule has 0 aromatic rings. The van der Waals surface area contributed by atoms with Crippen molar-refractivity contribution in [2.75, 3.05) is 0 Å². The van der Waals surface area contributed by atoms with Crippen LogP contribution in [0.3, 0.4) is 0 Å². The molecule has 1 aliphatic heterocycles. The Morgan fingerprint density at radius 1 is 0.955 bits per heavy atom. The van der Waals surface area contributed by atoms with Crippen molar-refractivity contribution in [3.05, 3.63) is 12.2 Å². The topological polar surface area (TPSA) is 38.3 Å². The van der Waals surface area contributed by atoms with Crippen LogP contribution in [0.25, 0.3) is 0 Å². The molecule has 2 atom stereocenters. The van der Waals surface area contributed by atoms with Gasteiger partial charge >= 0.3 is 6.09 Å². The molecular weight excluding hydrogens is 274 g/mol. The monoisotopic (exact) mass is 309 g/mol. The highest BCUT2D eigenvalue weighted by molar-refractivity contribution is 5.70.